The summed E-state index contributed by atoms with van der Waals surface area (Å²) in [4.78, 5) is 6.17. The van der Waals surface area contributed by atoms with Crippen LogP contribution in [-0.4, -0.2) is 19.4 Å². The summed E-state index contributed by atoms with van der Waals surface area (Å²) in [6.07, 6.45) is 16.5. The van der Waals surface area contributed by atoms with Crippen LogP contribution in [-0.2, 0) is 16.0 Å². The number of unbranched alkanes of at least 4 members (excludes halogenated alkanes) is 10. The van der Waals surface area contributed by atoms with Crippen LogP contribution in [0.2, 0.25) is 0 Å². The van der Waals surface area contributed by atoms with E-state index in [0.29, 0.717) is 0 Å². The zero-order valence-corrected chi connectivity index (χ0v) is 17.8. The molecule has 0 aromatic heterocycles. The minimum Gasteiger partial charge on any atom is -0.356 e. The number of ether oxygens (including phenoxy) is 1. The number of benzene rings is 1. The van der Waals surface area contributed by atoms with E-state index < -0.39 is 0 Å². The molecule has 1 atom stereocenters. The molecule has 1 aromatic rings. The van der Waals surface area contributed by atoms with E-state index in [4.69, 9.17) is 9.57 Å². The Morgan fingerprint density at radius 2 is 1.37 bits per heavy atom. The van der Waals surface area contributed by atoms with Crippen molar-refractivity contribution in [3.8, 4) is 0 Å². The van der Waals surface area contributed by atoms with Gasteiger partial charge in [0.1, 0.15) is 0 Å². The highest BCUT2D eigenvalue weighted by Gasteiger charge is 2.30. The van der Waals surface area contributed by atoms with Gasteiger partial charge in [-0.3, -0.25) is 4.84 Å². The maximum absolute atomic E-state index is 6.22. The molecule has 0 fully saturated rings. The topological polar surface area (TPSA) is 21.7 Å². The van der Waals surface area contributed by atoms with Crippen LogP contribution in [0.25, 0.3) is 0 Å². The minimum atomic E-state index is 0.0399. The Kier molecular flexibility index (Phi) is 11.5. The Morgan fingerprint density at radius 3 is 2.07 bits per heavy atom. The molecule has 3 heteroatoms. The average molecular weight is 376 g/mol. The summed E-state index contributed by atoms with van der Waals surface area (Å²) in [6.45, 7) is 6.15. The number of hydrogen-bond donors (Lipinski definition) is 0. The lowest BCUT2D eigenvalue weighted by molar-refractivity contribution is -0.0319. The molecule has 154 valence electrons. The second-order valence-electron chi connectivity index (χ2n) is 7.85. The molecule has 2 rings (SSSR count). The average Bonchev–Trinajstić information content (AvgIpc) is 3.04. The molecule has 27 heavy (non-hydrogen) atoms. The Labute approximate surface area is 167 Å². The summed E-state index contributed by atoms with van der Waals surface area (Å²) >= 11 is 0. The molecule has 1 unspecified atom stereocenters. The minimum absolute atomic E-state index is 0.0399. The van der Waals surface area contributed by atoms with Crippen LogP contribution < -0.4 is 5.06 Å². The van der Waals surface area contributed by atoms with Crippen molar-refractivity contribution in [2.45, 2.75) is 104 Å². The van der Waals surface area contributed by atoms with E-state index in [0.717, 1.165) is 32.5 Å². The van der Waals surface area contributed by atoms with E-state index >= 15 is 0 Å². The first-order valence-corrected chi connectivity index (χ1v) is 11.5. The molecule has 1 aliphatic rings. The van der Waals surface area contributed by atoms with Crippen LogP contribution in [0.5, 0.6) is 0 Å². The highest BCUT2D eigenvalue weighted by Crippen LogP contribution is 2.33. The predicted molar refractivity (Wildman–Crippen MR) is 115 cm³/mol. The molecule has 0 saturated carbocycles. The first-order chi connectivity index (χ1) is 13.4. The van der Waals surface area contributed by atoms with Crippen molar-refractivity contribution in [3.05, 3.63) is 29.8 Å². The molecule has 0 radical (unpaired) electrons. The number of nitrogens with zero attached hydrogens (tertiary/aromatic N) is 1. The van der Waals surface area contributed by atoms with Gasteiger partial charge in [0.25, 0.3) is 0 Å². The SMILES string of the molecule is CCCCCCCCOC1Cc2ccccc2N1OCCCCCCCC. The Balaban J connectivity index is 1.69. The number of anilines is 1. The summed E-state index contributed by atoms with van der Waals surface area (Å²) in [5.41, 5.74) is 2.53. The van der Waals surface area contributed by atoms with Crippen LogP contribution >= 0.6 is 0 Å². The van der Waals surface area contributed by atoms with E-state index in [-0.39, 0.29) is 6.23 Å². The molecule has 0 amide bonds. The number of para-hydroxylation sites is 1. The molecular weight excluding hydrogens is 334 g/mol. The zero-order chi connectivity index (χ0) is 19.2. The van der Waals surface area contributed by atoms with Crippen molar-refractivity contribution < 1.29 is 9.57 Å². The van der Waals surface area contributed by atoms with Gasteiger partial charge in [-0.15, -0.1) is 0 Å². The smallest absolute Gasteiger partial charge is 0.158 e. The van der Waals surface area contributed by atoms with Gasteiger partial charge in [0.15, 0.2) is 6.23 Å². The van der Waals surface area contributed by atoms with Gasteiger partial charge >= 0.3 is 0 Å². The van der Waals surface area contributed by atoms with Crippen LogP contribution in [0, 0.1) is 0 Å². The summed E-state index contributed by atoms with van der Waals surface area (Å²) in [5, 5.41) is 2.04. The number of rotatable bonds is 16. The first-order valence-electron chi connectivity index (χ1n) is 11.5. The normalized spacial score (nSPS) is 16.1. The van der Waals surface area contributed by atoms with E-state index in [1.54, 1.807) is 0 Å². The van der Waals surface area contributed by atoms with Gasteiger partial charge in [-0.2, -0.15) is 0 Å². The van der Waals surface area contributed by atoms with Gasteiger partial charge in [-0.1, -0.05) is 96.3 Å². The van der Waals surface area contributed by atoms with E-state index in [1.165, 1.54) is 75.5 Å². The fourth-order valence-corrected chi connectivity index (χ4v) is 3.75. The molecule has 0 saturated heterocycles. The van der Waals surface area contributed by atoms with Crippen molar-refractivity contribution in [2.24, 2.45) is 0 Å². The van der Waals surface area contributed by atoms with Gasteiger partial charge in [0.05, 0.1) is 12.3 Å². The second kappa shape index (κ2) is 14.0. The lowest BCUT2D eigenvalue weighted by atomic mass is 10.1. The Hall–Kier alpha value is -1.06. The van der Waals surface area contributed by atoms with Gasteiger partial charge < -0.3 is 4.74 Å². The number of hydroxylamine groups is 1. The Bertz CT molecular complexity index is 491. The maximum Gasteiger partial charge on any atom is 0.158 e. The summed E-state index contributed by atoms with van der Waals surface area (Å²) in [6, 6.07) is 8.56. The molecule has 0 N–H and O–H groups in total. The maximum atomic E-state index is 6.22. The van der Waals surface area contributed by atoms with Crippen molar-refractivity contribution in [1.82, 2.24) is 0 Å². The standard InChI is InChI=1S/C24H41NO2/c1-3-5-7-9-11-15-19-26-24-21-22-17-13-14-18-23(22)25(24)27-20-16-12-10-8-6-4-2/h13-14,17-18,24H,3-12,15-16,19-21H2,1-2H3. The lowest BCUT2D eigenvalue weighted by Crippen LogP contribution is -2.35. The monoisotopic (exact) mass is 375 g/mol. The third-order valence-corrected chi connectivity index (χ3v) is 5.42. The molecule has 1 aromatic carbocycles. The number of hydrogen-bond acceptors (Lipinski definition) is 3. The molecule has 0 bridgehead atoms. The lowest BCUT2D eigenvalue weighted by Gasteiger charge is -2.26. The van der Waals surface area contributed by atoms with E-state index in [2.05, 4.69) is 38.1 Å². The van der Waals surface area contributed by atoms with Crippen molar-refractivity contribution in [1.29, 1.82) is 0 Å². The molecule has 0 spiro atoms. The van der Waals surface area contributed by atoms with Crippen LogP contribution in [0.3, 0.4) is 0 Å². The van der Waals surface area contributed by atoms with Crippen molar-refractivity contribution >= 4 is 5.69 Å². The predicted octanol–water partition coefficient (Wildman–Crippen LogP) is 7.04. The van der Waals surface area contributed by atoms with Crippen molar-refractivity contribution in [2.75, 3.05) is 18.3 Å². The second-order valence-corrected chi connectivity index (χ2v) is 7.85. The third kappa shape index (κ3) is 8.23. The largest absolute Gasteiger partial charge is 0.356 e. The molecule has 1 aliphatic heterocycles. The van der Waals surface area contributed by atoms with Crippen molar-refractivity contribution in [3.63, 3.8) is 0 Å². The van der Waals surface area contributed by atoms with Crippen LogP contribution in [0.1, 0.15) is 96.5 Å². The molecular formula is C24H41NO2. The molecule has 1 heterocycles. The van der Waals surface area contributed by atoms with Crippen LogP contribution in [0.15, 0.2) is 24.3 Å². The number of fused-ring (bicyclic) bond motifs is 1. The molecule has 0 aliphatic carbocycles. The summed E-state index contributed by atoms with van der Waals surface area (Å²) in [5.74, 6) is 0. The van der Waals surface area contributed by atoms with Gasteiger partial charge in [0.2, 0.25) is 0 Å². The third-order valence-electron chi connectivity index (χ3n) is 5.42. The van der Waals surface area contributed by atoms with Gasteiger partial charge in [0, 0.05) is 13.0 Å². The van der Waals surface area contributed by atoms with Crippen LogP contribution in [0.4, 0.5) is 5.69 Å². The van der Waals surface area contributed by atoms with Gasteiger partial charge in [-0.25, -0.2) is 5.06 Å². The zero-order valence-electron chi connectivity index (χ0n) is 17.8. The fourth-order valence-electron chi connectivity index (χ4n) is 3.75. The first kappa shape index (κ1) is 22.2. The highest BCUT2D eigenvalue weighted by molar-refractivity contribution is 5.56. The Morgan fingerprint density at radius 1 is 0.778 bits per heavy atom. The highest BCUT2D eigenvalue weighted by atomic mass is 16.7. The summed E-state index contributed by atoms with van der Waals surface area (Å²) < 4.78 is 6.22. The van der Waals surface area contributed by atoms with Gasteiger partial charge in [-0.05, 0) is 24.5 Å². The van der Waals surface area contributed by atoms with E-state index in [9.17, 15) is 0 Å². The molecule has 3 nitrogen and oxygen atoms in total. The fraction of sp³-hybridized carbons (Fsp3) is 0.750. The summed E-state index contributed by atoms with van der Waals surface area (Å²) in [7, 11) is 0. The quantitative estimate of drug-likeness (QED) is 0.289. The van der Waals surface area contributed by atoms with E-state index in [1.807, 2.05) is 5.06 Å².